The van der Waals surface area contributed by atoms with Gasteiger partial charge in [0.15, 0.2) is 0 Å². The summed E-state index contributed by atoms with van der Waals surface area (Å²) in [5, 5.41) is 9.62. The van der Waals surface area contributed by atoms with Gasteiger partial charge in [0, 0.05) is 36.4 Å². The first-order chi connectivity index (χ1) is 10.9. The van der Waals surface area contributed by atoms with Crippen LogP contribution in [0.3, 0.4) is 0 Å². The lowest BCUT2D eigenvalue weighted by atomic mass is 10.1. The van der Waals surface area contributed by atoms with Crippen LogP contribution in [0.2, 0.25) is 0 Å². The van der Waals surface area contributed by atoms with E-state index in [9.17, 15) is 9.90 Å². The zero-order valence-corrected chi connectivity index (χ0v) is 14.8. The van der Waals surface area contributed by atoms with E-state index in [4.69, 9.17) is 0 Å². The molecule has 1 fully saturated rings. The molecule has 1 aliphatic heterocycles. The van der Waals surface area contributed by atoms with Crippen molar-refractivity contribution < 1.29 is 9.90 Å². The maximum atomic E-state index is 12.8. The Bertz CT molecular complexity index is 511. The third-order valence-corrected chi connectivity index (χ3v) is 4.66. The molecule has 2 unspecified atom stereocenters. The van der Waals surface area contributed by atoms with Crippen molar-refractivity contribution in [3.05, 3.63) is 29.8 Å². The Balaban J connectivity index is 2.11. The number of likely N-dealkylation sites (tertiary alicyclic amines) is 1. The van der Waals surface area contributed by atoms with E-state index in [1.807, 2.05) is 29.2 Å². The van der Waals surface area contributed by atoms with Crippen molar-refractivity contribution in [1.29, 1.82) is 0 Å². The van der Waals surface area contributed by atoms with Gasteiger partial charge in [-0.25, -0.2) is 0 Å². The summed E-state index contributed by atoms with van der Waals surface area (Å²) >= 11 is 0. The highest BCUT2D eigenvalue weighted by Gasteiger charge is 2.30. The second-order valence-electron chi connectivity index (χ2n) is 6.81. The summed E-state index contributed by atoms with van der Waals surface area (Å²) in [6.07, 6.45) is 2.32. The van der Waals surface area contributed by atoms with Crippen molar-refractivity contribution >= 4 is 11.6 Å². The first-order valence-corrected chi connectivity index (χ1v) is 8.79. The number of carbonyl (C=O) groups excluding carboxylic acids is 1. The van der Waals surface area contributed by atoms with Crippen LogP contribution in [-0.4, -0.2) is 47.2 Å². The van der Waals surface area contributed by atoms with Crippen molar-refractivity contribution in [3.8, 4) is 0 Å². The molecule has 2 rings (SSSR count). The molecule has 4 heteroatoms. The molecule has 1 aromatic carbocycles. The van der Waals surface area contributed by atoms with Gasteiger partial charge in [-0.2, -0.15) is 0 Å². The van der Waals surface area contributed by atoms with Crippen LogP contribution in [0.15, 0.2) is 24.3 Å². The Hall–Kier alpha value is -1.55. The summed E-state index contributed by atoms with van der Waals surface area (Å²) in [5.74, 6) is 0.0901. The third kappa shape index (κ3) is 4.25. The third-order valence-electron chi connectivity index (χ3n) is 4.66. The number of anilines is 1. The molecule has 128 valence electrons. The normalized spacial score (nSPS) is 19.2. The Morgan fingerprint density at radius 1 is 1.30 bits per heavy atom. The summed E-state index contributed by atoms with van der Waals surface area (Å²) in [7, 11) is 0. The van der Waals surface area contributed by atoms with Gasteiger partial charge in [-0.1, -0.05) is 0 Å². The summed E-state index contributed by atoms with van der Waals surface area (Å²) < 4.78 is 0. The highest BCUT2D eigenvalue weighted by atomic mass is 16.3. The summed E-state index contributed by atoms with van der Waals surface area (Å²) in [4.78, 5) is 17.0. The quantitative estimate of drug-likeness (QED) is 0.875. The Labute approximate surface area is 140 Å². The van der Waals surface area contributed by atoms with E-state index >= 15 is 0 Å². The smallest absolute Gasteiger partial charge is 0.254 e. The second-order valence-corrected chi connectivity index (χ2v) is 6.81. The molecule has 1 aliphatic rings. The van der Waals surface area contributed by atoms with E-state index in [0.29, 0.717) is 12.5 Å². The average molecular weight is 318 g/mol. The van der Waals surface area contributed by atoms with E-state index in [-0.39, 0.29) is 18.1 Å². The minimum Gasteiger partial charge on any atom is -0.393 e. The van der Waals surface area contributed by atoms with E-state index < -0.39 is 0 Å². The van der Waals surface area contributed by atoms with Gasteiger partial charge < -0.3 is 14.9 Å². The molecule has 1 saturated heterocycles. The number of nitrogens with zero attached hydrogens (tertiary/aromatic N) is 2. The maximum Gasteiger partial charge on any atom is 0.254 e. The van der Waals surface area contributed by atoms with Crippen molar-refractivity contribution in [3.63, 3.8) is 0 Å². The fraction of sp³-hybridized carbons (Fsp3) is 0.632. The molecule has 1 heterocycles. The van der Waals surface area contributed by atoms with Crippen LogP contribution in [0.25, 0.3) is 0 Å². The summed E-state index contributed by atoms with van der Waals surface area (Å²) in [5.41, 5.74) is 1.90. The molecule has 1 aromatic rings. The number of carbonyl (C=O) groups is 1. The number of rotatable bonds is 6. The lowest BCUT2D eigenvalue weighted by Crippen LogP contribution is -2.37. The second kappa shape index (κ2) is 7.82. The molecule has 1 amide bonds. The average Bonchev–Trinajstić information content (AvgIpc) is 2.95. The molecule has 2 atom stereocenters. The predicted octanol–water partition coefficient (Wildman–Crippen LogP) is 3.30. The standard InChI is InChI=1S/C19H30N2O2/c1-5-20(14(2)3)17-10-8-16(9-11-17)19(23)21-12-6-7-18(21)13-15(4)22/h8-11,14-15,18,22H,5-7,12-13H2,1-4H3. The number of hydrogen-bond acceptors (Lipinski definition) is 3. The van der Waals surface area contributed by atoms with Crippen molar-refractivity contribution in [2.45, 2.75) is 65.1 Å². The topological polar surface area (TPSA) is 43.8 Å². The molecule has 0 bridgehead atoms. The highest BCUT2D eigenvalue weighted by Crippen LogP contribution is 2.25. The van der Waals surface area contributed by atoms with Gasteiger partial charge in [-0.15, -0.1) is 0 Å². The van der Waals surface area contributed by atoms with Gasteiger partial charge in [-0.05, 0) is 71.2 Å². The van der Waals surface area contributed by atoms with Gasteiger partial charge in [-0.3, -0.25) is 4.79 Å². The molecule has 0 spiro atoms. The van der Waals surface area contributed by atoms with Crippen LogP contribution in [0, 0.1) is 0 Å². The van der Waals surface area contributed by atoms with Gasteiger partial charge in [0.25, 0.3) is 5.91 Å². The zero-order valence-electron chi connectivity index (χ0n) is 14.8. The van der Waals surface area contributed by atoms with Crippen molar-refractivity contribution in [1.82, 2.24) is 4.90 Å². The fourth-order valence-electron chi connectivity index (χ4n) is 3.55. The van der Waals surface area contributed by atoms with Gasteiger partial charge >= 0.3 is 0 Å². The molecule has 0 aromatic heterocycles. The summed E-state index contributed by atoms with van der Waals surface area (Å²) in [6.45, 7) is 10.0. The molecule has 0 aliphatic carbocycles. The Kier molecular flexibility index (Phi) is 6.05. The number of aliphatic hydroxyl groups excluding tert-OH is 1. The largest absolute Gasteiger partial charge is 0.393 e. The fourth-order valence-corrected chi connectivity index (χ4v) is 3.55. The molecule has 0 saturated carbocycles. The number of aliphatic hydroxyl groups is 1. The van der Waals surface area contributed by atoms with Crippen LogP contribution in [-0.2, 0) is 0 Å². The molecular weight excluding hydrogens is 288 g/mol. The van der Waals surface area contributed by atoms with E-state index in [1.165, 1.54) is 0 Å². The number of hydrogen-bond donors (Lipinski definition) is 1. The molecule has 23 heavy (non-hydrogen) atoms. The van der Waals surface area contributed by atoms with Gasteiger partial charge in [0.2, 0.25) is 0 Å². The van der Waals surface area contributed by atoms with Crippen molar-refractivity contribution in [2.24, 2.45) is 0 Å². The molecule has 4 nitrogen and oxygen atoms in total. The van der Waals surface area contributed by atoms with Crippen LogP contribution in [0.1, 0.15) is 57.3 Å². The Morgan fingerprint density at radius 3 is 2.48 bits per heavy atom. The minimum atomic E-state index is -0.361. The van der Waals surface area contributed by atoms with Gasteiger partial charge in [0.1, 0.15) is 0 Å². The lowest BCUT2D eigenvalue weighted by Gasteiger charge is -2.28. The molecule has 1 N–H and O–H groups in total. The monoisotopic (exact) mass is 318 g/mol. The van der Waals surface area contributed by atoms with Crippen LogP contribution < -0.4 is 4.90 Å². The van der Waals surface area contributed by atoms with E-state index in [1.54, 1.807) is 6.92 Å². The predicted molar refractivity (Wildman–Crippen MR) is 95.0 cm³/mol. The summed E-state index contributed by atoms with van der Waals surface area (Å²) in [6, 6.07) is 8.55. The number of amides is 1. The first-order valence-electron chi connectivity index (χ1n) is 8.79. The maximum absolute atomic E-state index is 12.8. The van der Waals surface area contributed by atoms with E-state index in [0.717, 1.165) is 37.2 Å². The Morgan fingerprint density at radius 2 is 1.96 bits per heavy atom. The van der Waals surface area contributed by atoms with Crippen LogP contribution >= 0.6 is 0 Å². The minimum absolute atomic E-state index is 0.0901. The van der Waals surface area contributed by atoms with Crippen molar-refractivity contribution in [2.75, 3.05) is 18.0 Å². The zero-order chi connectivity index (χ0) is 17.0. The molecule has 0 radical (unpaired) electrons. The van der Waals surface area contributed by atoms with Gasteiger partial charge in [0.05, 0.1) is 6.10 Å². The van der Waals surface area contributed by atoms with Crippen LogP contribution in [0.5, 0.6) is 0 Å². The first kappa shape index (κ1) is 17.8. The van der Waals surface area contributed by atoms with E-state index in [2.05, 4.69) is 25.7 Å². The lowest BCUT2D eigenvalue weighted by molar-refractivity contribution is 0.0682. The van der Waals surface area contributed by atoms with Crippen LogP contribution in [0.4, 0.5) is 5.69 Å². The SMILES string of the molecule is CCN(c1ccc(C(=O)N2CCCC2CC(C)O)cc1)C(C)C. The highest BCUT2D eigenvalue weighted by molar-refractivity contribution is 5.95. The number of benzene rings is 1. The molecular formula is C19H30N2O2.